The van der Waals surface area contributed by atoms with Crippen LogP contribution in [0.5, 0.6) is 5.75 Å². The lowest BCUT2D eigenvalue weighted by molar-refractivity contribution is -0.112. The number of carbonyl (C=O) groups is 1. The van der Waals surface area contributed by atoms with Gasteiger partial charge < -0.3 is 4.74 Å². The van der Waals surface area contributed by atoms with E-state index in [-0.39, 0.29) is 11.3 Å². The van der Waals surface area contributed by atoms with Crippen LogP contribution in [0.15, 0.2) is 47.5 Å². The van der Waals surface area contributed by atoms with Crippen molar-refractivity contribution in [2.45, 2.75) is 20.0 Å². The van der Waals surface area contributed by atoms with Crippen LogP contribution in [0.1, 0.15) is 17.4 Å². The van der Waals surface area contributed by atoms with Gasteiger partial charge >= 0.3 is 6.61 Å². The zero-order valence-electron chi connectivity index (χ0n) is 14.2. The number of hydrogen-bond donors (Lipinski definition) is 1. The van der Waals surface area contributed by atoms with Gasteiger partial charge in [0.2, 0.25) is 0 Å². The third-order valence-electron chi connectivity index (χ3n) is 3.63. The van der Waals surface area contributed by atoms with Crippen LogP contribution < -0.4 is 15.7 Å². The van der Waals surface area contributed by atoms with Crippen LogP contribution in [0.3, 0.4) is 0 Å². The molecule has 0 spiro atoms. The standard InChI is InChI=1S/C18H15F2N3O3S/c1-2-12-9-13-16(27-12)21-10-23(17(13)25)22-15(24)8-7-11-5-3-4-6-14(11)26-18(19)20/h3-10,18H,2H2,1H3,(H,22,24)/b8-7+. The highest BCUT2D eigenvalue weighted by Crippen LogP contribution is 2.22. The summed E-state index contributed by atoms with van der Waals surface area (Å²) in [6.07, 6.45) is 4.47. The number of nitrogens with zero attached hydrogens (tertiary/aromatic N) is 2. The second-order valence-corrected chi connectivity index (χ2v) is 6.55. The van der Waals surface area contributed by atoms with Crippen LogP contribution in [-0.2, 0) is 11.2 Å². The van der Waals surface area contributed by atoms with E-state index in [4.69, 9.17) is 0 Å². The summed E-state index contributed by atoms with van der Waals surface area (Å²) in [7, 11) is 0. The molecule has 0 aliphatic heterocycles. The minimum atomic E-state index is -2.97. The Bertz CT molecular complexity index is 1060. The molecule has 2 aromatic heterocycles. The first kappa shape index (κ1) is 18.7. The summed E-state index contributed by atoms with van der Waals surface area (Å²) in [4.78, 5) is 30.3. The van der Waals surface area contributed by atoms with Crippen molar-refractivity contribution in [1.82, 2.24) is 9.66 Å². The van der Waals surface area contributed by atoms with E-state index in [1.54, 1.807) is 18.2 Å². The molecule has 140 valence electrons. The van der Waals surface area contributed by atoms with Crippen molar-refractivity contribution in [3.05, 3.63) is 63.5 Å². The maximum absolute atomic E-state index is 12.4. The van der Waals surface area contributed by atoms with Crippen LogP contribution in [0.2, 0.25) is 0 Å². The molecule has 0 fully saturated rings. The monoisotopic (exact) mass is 391 g/mol. The number of fused-ring (bicyclic) bond motifs is 1. The van der Waals surface area contributed by atoms with Gasteiger partial charge in [-0.15, -0.1) is 11.3 Å². The number of carbonyl (C=O) groups excluding carboxylic acids is 1. The molecule has 27 heavy (non-hydrogen) atoms. The number of halogens is 2. The molecule has 0 radical (unpaired) electrons. The molecule has 1 N–H and O–H groups in total. The SMILES string of the molecule is CCc1cc2c(=O)n(NC(=O)/C=C/c3ccccc3OC(F)F)cnc2s1. The van der Waals surface area contributed by atoms with Crippen LogP contribution >= 0.6 is 11.3 Å². The second-order valence-electron chi connectivity index (χ2n) is 5.43. The quantitative estimate of drug-likeness (QED) is 0.654. The maximum atomic E-state index is 12.4. The van der Waals surface area contributed by atoms with Gasteiger partial charge in [0.25, 0.3) is 11.5 Å². The average molecular weight is 391 g/mol. The highest BCUT2D eigenvalue weighted by atomic mass is 32.1. The summed E-state index contributed by atoms with van der Waals surface area (Å²) in [5.41, 5.74) is 2.31. The van der Waals surface area contributed by atoms with Gasteiger partial charge in [0, 0.05) is 16.5 Å². The number of ether oxygens (including phenoxy) is 1. The number of hydrogen-bond acceptors (Lipinski definition) is 5. The maximum Gasteiger partial charge on any atom is 0.387 e. The Labute approximate surface area is 156 Å². The molecule has 0 aliphatic rings. The Kier molecular flexibility index (Phi) is 5.60. The molecular weight excluding hydrogens is 376 g/mol. The number of thiophene rings is 1. The molecule has 0 atom stereocenters. The van der Waals surface area contributed by atoms with E-state index in [0.29, 0.717) is 15.8 Å². The Morgan fingerprint density at radius 1 is 1.41 bits per heavy atom. The van der Waals surface area contributed by atoms with Crippen molar-refractivity contribution in [1.29, 1.82) is 0 Å². The normalized spacial score (nSPS) is 11.4. The van der Waals surface area contributed by atoms with Crippen molar-refractivity contribution in [3.63, 3.8) is 0 Å². The first-order valence-electron chi connectivity index (χ1n) is 8.01. The Balaban J connectivity index is 1.78. The summed E-state index contributed by atoms with van der Waals surface area (Å²) in [5, 5.41) is 0.430. The lowest BCUT2D eigenvalue weighted by atomic mass is 10.2. The number of nitrogens with one attached hydrogen (secondary N) is 1. The molecule has 3 aromatic rings. The van der Waals surface area contributed by atoms with Crippen LogP contribution in [0, 0.1) is 0 Å². The fourth-order valence-corrected chi connectivity index (χ4v) is 3.30. The molecule has 0 bridgehead atoms. The van der Waals surface area contributed by atoms with Gasteiger partial charge in [-0.1, -0.05) is 25.1 Å². The molecule has 1 aromatic carbocycles. The molecule has 3 rings (SSSR count). The highest BCUT2D eigenvalue weighted by Gasteiger charge is 2.10. The van der Waals surface area contributed by atoms with Gasteiger partial charge in [0.15, 0.2) is 0 Å². The van der Waals surface area contributed by atoms with Gasteiger partial charge in [0.1, 0.15) is 16.9 Å². The minimum Gasteiger partial charge on any atom is -0.434 e. The van der Waals surface area contributed by atoms with Crippen LogP contribution in [0.25, 0.3) is 16.3 Å². The molecule has 2 heterocycles. The summed E-state index contributed by atoms with van der Waals surface area (Å²) in [6.45, 7) is -0.992. The summed E-state index contributed by atoms with van der Waals surface area (Å²) in [6, 6.07) is 7.82. The number of benzene rings is 1. The van der Waals surface area contributed by atoms with E-state index in [2.05, 4.69) is 15.1 Å². The molecule has 0 aliphatic carbocycles. The van der Waals surface area contributed by atoms with Crippen LogP contribution in [-0.4, -0.2) is 22.2 Å². The summed E-state index contributed by atoms with van der Waals surface area (Å²) < 4.78 is 30.2. The third kappa shape index (κ3) is 4.37. The van der Waals surface area contributed by atoms with Gasteiger partial charge in [-0.25, -0.2) is 9.66 Å². The number of aryl methyl sites for hydroxylation is 1. The molecule has 0 saturated carbocycles. The molecule has 9 heteroatoms. The highest BCUT2D eigenvalue weighted by molar-refractivity contribution is 7.18. The van der Waals surface area contributed by atoms with Gasteiger partial charge in [0.05, 0.1) is 5.39 Å². The van der Waals surface area contributed by atoms with Crippen molar-refractivity contribution >= 4 is 33.5 Å². The zero-order valence-corrected chi connectivity index (χ0v) is 15.0. The number of aromatic nitrogens is 2. The van der Waals surface area contributed by atoms with E-state index < -0.39 is 12.5 Å². The Hall–Kier alpha value is -3.07. The predicted molar refractivity (Wildman–Crippen MR) is 99.7 cm³/mol. The Morgan fingerprint density at radius 2 is 2.19 bits per heavy atom. The second kappa shape index (κ2) is 8.09. The minimum absolute atomic E-state index is 0.0535. The third-order valence-corrected chi connectivity index (χ3v) is 4.82. The van der Waals surface area contributed by atoms with Crippen molar-refractivity contribution in [3.8, 4) is 5.75 Å². The summed E-state index contributed by atoms with van der Waals surface area (Å²) in [5.74, 6) is -0.668. The summed E-state index contributed by atoms with van der Waals surface area (Å²) >= 11 is 1.43. The first-order chi connectivity index (χ1) is 13.0. The van der Waals surface area contributed by atoms with Crippen molar-refractivity contribution in [2.24, 2.45) is 0 Å². The largest absolute Gasteiger partial charge is 0.434 e. The lowest BCUT2D eigenvalue weighted by Crippen LogP contribution is -2.32. The molecular formula is C18H15F2N3O3S. The number of amides is 1. The van der Waals surface area contributed by atoms with Gasteiger partial charge in [-0.05, 0) is 24.6 Å². The lowest BCUT2D eigenvalue weighted by Gasteiger charge is -2.07. The average Bonchev–Trinajstić information content (AvgIpc) is 3.07. The van der Waals surface area contributed by atoms with Crippen LogP contribution in [0.4, 0.5) is 8.78 Å². The molecule has 1 amide bonds. The van der Waals surface area contributed by atoms with Gasteiger partial charge in [-0.2, -0.15) is 8.78 Å². The van der Waals surface area contributed by atoms with E-state index >= 15 is 0 Å². The van der Waals surface area contributed by atoms with Crippen molar-refractivity contribution < 1.29 is 18.3 Å². The fourth-order valence-electron chi connectivity index (χ4n) is 2.37. The number of para-hydroxylation sites is 1. The molecule has 6 nitrogen and oxygen atoms in total. The van der Waals surface area contributed by atoms with Gasteiger partial charge in [-0.3, -0.25) is 15.0 Å². The molecule has 0 unspecified atom stereocenters. The smallest absolute Gasteiger partial charge is 0.387 e. The number of rotatable bonds is 6. The predicted octanol–water partition coefficient (Wildman–Crippen LogP) is 3.41. The molecule has 0 saturated heterocycles. The zero-order chi connectivity index (χ0) is 19.4. The van der Waals surface area contributed by atoms with E-state index in [1.165, 1.54) is 35.9 Å². The topological polar surface area (TPSA) is 73.2 Å². The van der Waals surface area contributed by atoms with E-state index in [9.17, 15) is 18.4 Å². The van der Waals surface area contributed by atoms with E-state index in [1.807, 2.05) is 6.92 Å². The fraction of sp³-hybridized carbons (Fsp3) is 0.167. The Morgan fingerprint density at radius 3 is 2.93 bits per heavy atom. The number of alkyl halides is 2. The van der Waals surface area contributed by atoms with Crippen molar-refractivity contribution in [2.75, 3.05) is 5.43 Å². The van der Waals surface area contributed by atoms with E-state index in [0.717, 1.165) is 22.1 Å². The first-order valence-corrected chi connectivity index (χ1v) is 8.82.